The van der Waals surface area contributed by atoms with Crippen LogP contribution in [0.1, 0.15) is 16.5 Å². The Labute approximate surface area is 139 Å². The topological polar surface area (TPSA) is 9.23 Å². The average Bonchev–Trinajstić information content (AvgIpc) is 2.40. The van der Waals surface area contributed by atoms with Gasteiger partial charge in [-0.05, 0) is 35.9 Å². The number of methoxy groups -OCH3 is 1. The summed E-state index contributed by atoms with van der Waals surface area (Å²) in [7, 11) is 1.61. The molecule has 0 aliphatic carbocycles. The first-order valence-corrected chi connectivity index (χ1v) is 7.85. The van der Waals surface area contributed by atoms with Crippen molar-refractivity contribution in [2.75, 3.05) is 7.11 Å². The summed E-state index contributed by atoms with van der Waals surface area (Å²) in [4.78, 5) is 0. The zero-order valence-electron chi connectivity index (χ0n) is 9.96. The Balaban J connectivity index is 2.49. The van der Waals surface area contributed by atoms with E-state index in [1.54, 1.807) is 19.2 Å². The molecule has 1 unspecified atom stereocenters. The Morgan fingerprint density at radius 1 is 1.05 bits per heavy atom. The van der Waals surface area contributed by atoms with E-state index in [-0.39, 0.29) is 5.38 Å². The predicted octanol–water partition coefficient (Wildman–Crippen LogP) is 6.20. The number of alkyl halides is 1. The quantitative estimate of drug-likeness (QED) is 0.533. The van der Waals surface area contributed by atoms with Crippen molar-refractivity contribution in [2.45, 2.75) is 5.38 Å². The van der Waals surface area contributed by atoms with E-state index in [2.05, 4.69) is 31.9 Å². The number of benzene rings is 2. The molecule has 0 fully saturated rings. The molecule has 1 atom stereocenters. The lowest BCUT2D eigenvalue weighted by atomic mass is 10.0. The van der Waals surface area contributed by atoms with Crippen LogP contribution >= 0.6 is 55.1 Å². The Bertz CT molecular complexity index is 602. The van der Waals surface area contributed by atoms with Crippen molar-refractivity contribution in [2.24, 2.45) is 0 Å². The number of hydrogen-bond donors (Lipinski definition) is 0. The molecule has 5 heteroatoms. The summed E-state index contributed by atoms with van der Waals surface area (Å²) in [5, 5.41) is 0.303. The Kier molecular flexibility index (Phi) is 5.18. The Morgan fingerprint density at radius 2 is 1.79 bits per heavy atom. The molecule has 2 rings (SSSR count). The van der Waals surface area contributed by atoms with Crippen LogP contribution in [0.25, 0.3) is 0 Å². The van der Waals surface area contributed by atoms with Crippen LogP contribution in [0, 0.1) is 0 Å². The maximum atomic E-state index is 6.57. The van der Waals surface area contributed by atoms with Crippen LogP contribution in [-0.4, -0.2) is 7.11 Å². The number of ether oxygens (including phenoxy) is 1. The maximum absolute atomic E-state index is 6.57. The third-order valence-corrected chi connectivity index (χ3v) is 4.62. The van der Waals surface area contributed by atoms with Crippen LogP contribution in [0.5, 0.6) is 5.75 Å². The highest BCUT2D eigenvalue weighted by molar-refractivity contribution is 9.11. The zero-order valence-corrected chi connectivity index (χ0v) is 14.6. The molecule has 0 saturated carbocycles. The van der Waals surface area contributed by atoms with Gasteiger partial charge in [0, 0.05) is 19.5 Å². The van der Waals surface area contributed by atoms with E-state index in [0.717, 1.165) is 20.1 Å². The highest BCUT2D eigenvalue weighted by Gasteiger charge is 2.18. The van der Waals surface area contributed by atoms with Gasteiger partial charge in [-0.2, -0.15) is 0 Å². The van der Waals surface area contributed by atoms with Crippen molar-refractivity contribution in [3.63, 3.8) is 0 Å². The molecule has 2 aromatic carbocycles. The highest BCUT2D eigenvalue weighted by Crippen LogP contribution is 2.40. The van der Waals surface area contributed by atoms with Crippen LogP contribution in [0.2, 0.25) is 5.02 Å². The van der Waals surface area contributed by atoms with Gasteiger partial charge in [-0.25, -0.2) is 0 Å². The minimum atomic E-state index is -0.320. The van der Waals surface area contributed by atoms with Gasteiger partial charge >= 0.3 is 0 Å². The van der Waals surface area contributed by atoms with Crippen molar-refractivity contribution in [3.8, 4) is 5.75 Å². The van der Waals surface area contributed by atoms with E-state index in [4.69, 9.17) is 27.9 Å². The van der Waals surface area contributed by atoms with Gasteiger partial charge in [-0.1, -0.05) is 49.5 Å². The first-order chi connectivity index (χ1) is 9.02. The van der Waals surface area contributed by atoms with Crippen LogP contribution in [0.3, 0.4) is 0 Å². The van der Waals surface area contributed by atoms with E-state index in [1.165, 1.54) is 0 Å². The zero-order chi connectivity index (χ0) is 14.0. The summed E-state index contributed by atoms with van der Waals surface area (Å²) >= 11 is 19.5. The van der Waals surface area contributed by atoms with E-state index in [9.17, 15) is 0 Å². The number of halogens is 4. The molecular formula is C14H10Br2Cl2O. The first kappa shape index (κ1) is 15.2. The molecule has 0 aliphatic rings. The van der Waals surface area contributed by atoms with Crippen LogP contribution in [-0.2, 0) is 0 Å². The molecule has 0 aromatic heterocycles. The van der Waals surface area contributed by atoms with Gasteiger partial charge in [0.2, 0.25) is 0 Å². The lowest BCUT2D eigenvalue weighted by Crippen LogP contribution is -1.98. The fourth-order valence-electron chi connectivity index (χ4n) is 1.77. The Morgan fingerprint density at radius 3 is 2.47 bits per heavy atom. The molecule has 19 heavy (non-hydrogen) atoms. The SMILES string of the molecule is COc1cc(Cl)ccc1C(Cl)c1cc(Br)ccc1Br. The normalized spacial score (nSPS) is 12.3. The summed E-state index contributed by atoms with van der Waals surface area (Å²) in [6.07, 6.45) is 0. The third kappa shape index (κ3) is 3.46. The summed E-state index contributed by atoms with van der Waals surface area (Å²) in [5.74, 6) is 0.680. The summed E-state index contributed by atoms with van der Waals surface area (Å²) in [6, 6.07) is 11.3. The molecule has 0 spiro atoms. The standard InChI is InChI=1S/C14H10Br2Cl2O/c1-19-13-7-9(17)3-4-10(13)14(18)11-6-8(15)2-5-12(11)16/h2-7,14H,1H3. The maximum Gasteiger partial charge on any atom is 0.125 e. The van der Waals surface area contributed by atoms with Gasteiger partial charge in [0.25, 0.3) is 0 Å². The second-order valence-corrected chi connectivity index (χ2v) is 6.56. The van der Waals surface area contributed by atoms with Crippen molar-refractivity contribution >= 4 is 55.1 Å². The number of hydrogen-bond acceptors (Lipinski definition) is 1. The molecule has 1 nitrogen and oxygen atoms in total. The molecule has 100 valence electrons. The number of rotatable bonds is 3. The fraction of sp³-hybridized carbons (Fsp3) is 0.143. The Hall–Kier alpha value is -0.220. The molecule has 0 radical (unpaired) electrons. The van der Waals surface area contributed by atoms with Crippen molar-refractivity contribution in [1.82, 2.24) is 0 Å². The van der Waals surface area contributed by atoms with Crippen molar-refractivity contribution in [1.29, 1.82) is 0 Å². The van der Waals surface area contributed by atoms with Crippen molar-refractivity contribution < 1.29 is 4.74 Å². The van der Waals surface area contributed by atoms with Crippen LogP contribution < -0.4 is 4.74 Å². The summed E-state index contributed by atoms with van der Waals surface area (Å²) in [5.41, 5.74) is 1.85. The molecule has 0 amide bonds. The van der Waals surface area contributed by atoms with E-state index < -0.39 is 0 Å². The van der Waals surface area contributed by atoms with E-state index in [1.807, 2.05) is 24.3 Å². The smallest absolute Gasteiger partial charge is 0.125 e. The molecule has 0 aliphatic heterocycles. The minimum absolute atomic E-state index is 0.320. The van der Waals surface area contributed by atoms with Crippen LogP contribution in [0.15, 0.2) is 45.3 Å². The molecule has 0 heterocycles. The van der Waals surface area contributed by atoms with E-state index in [0.29, 0.717) is 10.8 Å². The fourth-order valence-corrected chi connectivity index (χ4v) is 3.28. The minimum Gasteiger partial charge on any atom is -0.496 e. The van der Waals surface area contributed by atoms with Gasteiger partial charge in [0.15, 0.2) is 0 Å². The van der Waals surface area contributed by atoms with Gasteiger partial charge in [0.05, 0.1) is 12.5 Å². The van der Waals surface area contributed by atoms with Gasteiger partial charge < -0.3 is 4.74 Å². The third-order valence-electron chi connectivity index (χ3n) is 2.70. The largest absolute Gasteiger partial charge is 0.496 e. The van der Waals surface area contributed by atoms with Crippen LogP contribution in [0.4, 0.5) is 0 Å². The monoisotopic (exact) mass is 422 g/mol. The average molecular weight is 425 g/mol. The highest BCUT2D eigenvalue weighted by atomic mass is 79.9. The second-order valence-electron chi connectivity index (χ2n) is 3.91. The second kappa shape index (κ2) is 6.49. The van der Waals surface area contributed by atoms with E-state index >= 15 is 0 Å². The molecule has 0 bridgehead atoms. The molecule has 2 aromatic rings. The van der Waals surface area contributed by atoms with Gasteiger partial charge in [-0.15, -0.1) is 11.6 Å². The molecule has 0 N–H and O–H groups in total. The predicted molar refractivity (Wildman–Crippen MR) is 87.5 cm³/mol. The summed E-state index contributed by atoms with van der Waals surface area (Å²) < 4.78 is 7.27. The molecular weight excluding hydrogens is 415 g/mol. The van der Waals surface area contributed by atoms with Gasteiger partial charge in [-0.3, -0.25) is 0 Å². The lowest BCUT2D eigenvalue weighted by molar-refractivity contribution is 0.410. The summed E-state index contributed by atoms with van der Waals surface area (Å²) in [6.45, 7) is 0. The van der Waals surface area contributed by atoms with Crippen molar-refractivity contribution in [3.05, 3.63) is 61.5 Å². The van der Waals surface area contributed by atoms with Gasteiger partial charge in [0.1, 0.15) is 5.75 Å². The first-order valence-electron chi connectivity index (χ1n) is 5.45. The lowest BCUT2D eigenvalue weighted by Gasteiger charge is -2.16. The molecule has 0 saturated heterocycles.